The van der Waals surface area contributed by atoms with E-state index in [1.807, 2.05) is 19.1 Å². The first-order valence-electron chi connectivity index (χ1n) is 8.93. The lowest BCUT2D eigenvalue weighted by Gasteiger charge is -2.34. The summed E-state index contributed by atoms with van der Waals surface area (Å²) in [4.78, 5) is 28.1. The van der Waals surface area contributed by atoms with Crippen LogP contribution in [0.2, 0.25) is 0 Å². The number of amides is 2. The Kier molecular flexibility index (Phi) is 5.95. The van der Waals surface area contributed by atoms with Gasteiger partial charge in [-0.05, 0) is 26.0 Å². The number of benzene rings is 1. The van der Waals surface area contributed by atoms with Gasteiger partial charge in [0.1, 0.15) is 5.76 Å². The molecule has 1 fully saturated rings. The monoisotopic (exact) mass is 373 g/mol. The molecule has 1 aromatic heterocycles. The van der Waals surface area contributed by atoms with E-state index in [4.69, 9.17) is 14.0 Å². The molecule has 2 amide bonds. The highest BCUT2D eigenvalue weighted by Gasteiger charge is 2.26. The maximum Gasteiger partial charge on any atom is 0.276 e. The summed E-state index contributed by atoms with van der Waals surface area (Å²) in [7, 11) is 0. The molecule has 1 aromatic carbocycles. The lowest BCUT2D eigenvalue weighted by molar-refractivity contribution is -0.134. The van der Waals surface area contributed by atoms with Gasteiger partial charge in [-0.2, -0.15) is 0 Å². The third kappa shape index (κ3) is 4.58. The van der Waals surface area contributed by atoms with Gasteiger partial charge in [0.2, 0.25) is 0 Å². The second-order valence-electron chi connectivity index (χ2n) is 6.16. The van der Waals surface area contributed by atoms with E-state index in [2.05, 4.69) is 5.16 Å². The molecule has 1 aliphatic heterocycles. The molecule has 27 heavy (non-hydrogen) atoms. The van der Waals surface area contributed by atoms with Crippen LogP contribution in [0.15, 0.2) is 34.9 Å². The van der Waals surface area contributed by atoms with Gasteiger partial charge < -0.3 is 23.8 Å². The Bertz CT molecular complexity index is 796. The third-order valence-corrected chi connectivity index (χ3v) is 4.27. The summed E-state index contributed by atoms with van der Waals surface area (Å²) < 4.78 is 16.1. The minimum absolute atomic E-state index is 0.0689. The average Bonchev–Trinajstić information content (AvgIpc) is 3.13. The highest BCUT2D eigenvalue weighted by Crippen LogP contribution is 2.26. The number of piperazine rings is 1. The Labute approximate surface area is 157 Å². The molecule has 0 bridgehead atoms. The lowest BCUT2D eigenvalue weighted by atomic mass is 10.2. The average molecular weight is 373 g/mol. The van der Waals surface area contributed by atoms with E-state index in [-0.39, 0.29) is 18.4 Å². The summed E-state index contributed by atoms with van der Waals surface area (Å²) in [5, 5.41) is 3.75. The van der Waals surface area contributed by atoms with E-state index in [0.29, 0.717) is 55.7 Å². The highest BCUT2D eigenvalue weighted by atomic mass is 16.5. The number of aromatic nitrogens is 1. The van der Waals surface area contributed by atoms with Gasteiger partial charge in [-0.25, -0.2) is 0 Å². The second-order valence-corrected chi connectivity index (χ2v) is 6.16. The molecule has 2 heterocycles. The van der Waals surface area contributed by atoms with Crippen molar-refractivity contribution in [3.05, 3.63) is 41.8 Å². The Morgan fingerprint density at radius 2 is 1.70 bits per heavy atom. The first-order chi connectivity index (χ1) is 13.1. The molecule has 2 aromatic rings. The fourth-order valence-corrected chi connectivity index (χ4v) is 2.86. The van der Waals surface area contributed by atoms with E-state index >= 15 is 0 Å². The summed E-state index contributed by atoms with van der Waals surface area (Å²) >= 11 is 0. The van der Waals surface area contributed by atoms with Crippen LogP contribution < -0.4 is 9.47 Å². The van der Waals surface area contributed by atoms with Gasteiger partial charge in [0.15, 0.2) is 23.8 Å². The first-order valence-corrected chi connectivity index (χ1v) is 8.93. The standard InChI is InChI=1S/C19H23N3O5/c1-3-25-16-6-4-5-7-17(16)26-13-18(23)21-8-10-22(11-9-21)19(24)15-12-14(2)27-20-15/h4-7,12H,3,8-11,13H2,1-2H3. The molecule has 3 rings (SSSR count). The second kappa shape index (κ2) is 8.57. The zero-order valence-electron chi connectivity index (χ0n) is 15.5. The molecule has 0 radical (unpaired) electrons. The van der Waals surface area contributed by atoms with Gasteiger partial charge in [0.05, 0.1) is 6.61 Å². The van der Waals surface area contributed by atoms with E-state index in [9.17, 15) is 9.59 Å². The van der Waals surface area contributed by atoms with Crippen molar-refractivity contribution in [1.29, 1.82) is 0 Å². The maximum absolute atomic E-state index is 12.4. The molecule has 0 spiro atoms. The number of ether oxygens (including phenoxy) is 2. The van der Waals surface area contributed by atoms with E-state index in [1.54, 1.807) is 34.9 Å². The maximum atomic E-state index is 12.4. The van der Waals surface area contributed by atoms with Gasteiger partial charge >= 0.3 is 0 Å². The molecule has 0 unspecified atom stereocenters. The van der Waals surface area contributed by atoms with Gasteiger partial charge in [0.25, 0.3) is 11.8 Å². The molecule has 144 valence electrons. The number of carbonyl (C=O) groups is 2. The number of carbonyl (C=O) groups excluding carboxylic acids is 2. The fraction of sp³-hybridized carbons (Fsp3) is 0.421. The normalized spacial score (nSPS) is 14.1. The number of rotatable bonds is 6. The summed E-state index contributed by atoms with van der Waals surface area (Å²) in [6.07, 6.45) is 0. The number of aryl methyl sites for hydroxylation is 1. The smallest absolute Gasteiger partial charge is 0.276 e. The Morgan fingerprint density at radius 1 is 1.07 bits per heavy atom. The molecule has 8 heteroatoms. The van der Waals surface area contributed by atoms with E-state index < -0.39 is 0 Å². The van der Waals surface area contributed by atoms with Crippen molar-refractivity contribution in [3.63, 3.8) is 0 Å². The molecular weight excluding hydrogens is 350 g/mol. The minimum Gasteiger partial charge on any atom is -0.490 e. The predicted molar refractivity (Wildman–Crippen MR) is 96.8 cm³/mol. The van der Waals surface area contributed by atoms with Crippen molar-refractivity contribution in [2.24, 2.45) is 0 Å². The number of hydrogen-bond acceptors (Lipinski definition) is 6. The van der Waals surface area contributed by atoms with Crippen LogP contribution in [0.25, 0.3) is 0 Å². The van der Waals surface area contributed by atoms with Crippen LogP contribution in [-0.2, 0) is 4.79 Å². The number of hydrogen-bond donors (Lipinski definition) is 0. The lowest BCUT2D eigenvalue weighted by Crippen LogP contribution is -2.51. The Balaban J connectivity index is 1.49. The van der Waals surface area contributed by atoms with Gasteiger partial charge in [-0.1, -0.05) is 17.3 Å². The third-order valence-electron chi connectivity index (χ3n) is 4.27. The molecule has 0 N–H and O–H groups in total. The van der Waals surface area contributed by atoms with Crippen molar-refractivity contribution < 1.29 is 23.6 Å². The first kappa shape index (κ1) is 18.8. The van der Waals surface area contributed by atoms with E-state index in [0.717, 1.165) is 0 Å². The van der Waals surface area contributed by atoms with E-state index in [1.165, 1.54) is 0 Å². The van der Waals surface area contributed by atoms with Crippen molar-refractivity contribution >= 4 is 11.8 Å². The van der Waals surface area contributed by atoms with Crippen molar-refractivity contribution in [1.82, 2.24) is 15.0 Å². The zero-order valence-corrected chi connectivity index (χ0v) is 15.5. The highest BCUT2D eigenvalue weighted by molar-refractivity contribution is 5.92. The molecule has 1 aliphatic rings. The van der Waals surface area contributed by atoms with Crippen LogP contribution in [0, 0.1) is 6.92 Å². The molecule has 0 aliphatic carbocycles. The fourth-order valence-electron chi connectivity index (χ4n) is 2.86. The molecular formula is C19H23N3O5. The van der Waals surface area contributed by atoms with Crippen LogP contribution in [0.1, 0.15) is 23.2 Å². The Hall–Kier alpha value is -3.03. The van der Waals surface area contributed by atoms with Crippen molar-refractivity contribution in [3.8, 4) is 11.5 Å². The quantitative estimate of drug-likeness (QED) is 0.767. The SMILES string of the molecule is CCOc1ccccc1OCC(=O)N1CCN(C(=O)c2cc(C)on2)CC1. The van der Waals surface area contributed by atoms with Crippen molar-refractivity contribution in [2.75, 3.05) is 39.4 Å². The van der Waals surface area contributed by atoms with Crippen LogP contribution >= 0.6 is 0 Å². The van der Waals surface area contributed by atoms with Crippen LogP contribution in [0.4, 0.5) is 0 Å². The largest absolute Gasteiger partial charge is 0.490 e. The van der Waals surface area contributed by atoms with Gasteiger partial charge in [-0.3, -0.25) is 9.59 Å². The summed E-state index contributed by atoms with van der Waals surface area (Å²) in [5.74, 6) is 1.46. The molecule has 1 saturated heterocycles. The number of para-hydroxylation sites is 2. The minimum atomic E-state index is -0.180. The zero-order chi connectivity index (χ0) is 19.2. The van der Waals surface area contributed by atoms with Crippen LogP contribution in [-0.4, -0.2) is 66.2 Å². The Morgan fingerprint density at radius 3 is 2.30 bits per heavy atom. The number of nitrogens with zero attached hydrogens (tertiary/aromatic N) is 3. The molecule has 0 atom stereocenters. The van der Waals surface area contributed by atoms with Crippen LogP contribution in [0.5, 0.6) is 11.5 Å². The summed E-state index contributed by atoms with van der Waals surface area (Å²) in [6, 6.07) is 8.88. The summed E-state index contributed by atoms with van der Waals surface area (Å²) in [6.45, 7) is 5.90. The van der Waals surface area contributed by atoms with Gasteiger partial charge in [-0.15, -0.1) is 0 Å². The van der Waals surface area contributed by atoms with Crippen molar-refractivity contribution in [2.45, 2.75) is 13.8 Å². The summed E-state index contributed by atoms with van der Waals surface area (Å²) in [5.41, 5.74) is 0.295. The molecule has 8 nitrogen and oxygen atoms in total. The molecule has 0 saturated carbocycles. The topological polar surface area (TPSA) is 85.1 Å². The van der Waals surface area contributed by atoms with Gasteiger partial charge in [0, 0.05) is 32.2 Å². The predicted octanol–water partition coefficient (Wildman–Crippen LogP) is 1.75. The van der Waals surface area contributed by atoms with Crippen LogP contribution in [0.3, 0.4) is 0 Å².